The van der Waals surface area contributed by atoms with E-state index in [0.717, 1.165) is 12.3 Å². The maximum atomic E-state index is 11.7. The lowest BCUT2D eigenvalue weighted by Crippen LogP contribution is -2.34. The zero-order valence-electron chi connectivity index (χ0n) is 10.7. The van der Waals surface area contributed by atoms with Crippen molar-refractivity contribution in [3.63, 3.8) is 0 Å². The largest absolute Gasteiger partial charge is 0.353 e. The fourth-order valence-electron chi connectivity index (χ4n) is 2.17. The molecule has 2 nitrogen and oxygen atoms in total. The maximum Gasteiger partial charge on any atom is 0.220 e. The van der Waals surface area contributed by atoms with Gasteiger partial charge in [-0.15, -0.1) is 0 Å². The zero-order valence-corrected chi connectivity index (χ0v) is 10.7. The molecule has 2 rings (SSSR count). The monoisotopic (exact) mass is 231 g/mol. The Balaban J connectivity index is 1.75. The molecule has 1 aromatic rings. The average Bonchev–Trinajstić information content (AvgIpc) is 3.10. The summed E-state index contributed by atoms with van der Waals surface area (Å²) in [5.74, 6) is 0.920. The van der Waals surface area contributed by atoms with Crippen LogP contribution in [0.3, 0.4) is 0 Å². The Hall–Kier alpha value is -1.31. The lowest BCUT2D eigenvalue weighted by atomic mass is 10.1. The Morgan fingerprint density at radius 3 is 2.88 bits per heavy atom. The van der Waals surface area contributed by atoms with E-state index in [1.165, 1.54) is 24.0 Å². The van der Waals surface area contributed by atoms with Crippen molar-refractivity contribution in [3.8, 4) is 0 Å². The van der Waals surface area contributed by atoms with Crippen molar-refractivity contribution in [2.45, 2.75) is 45.6 Å². The molecule has 1 N–H and O–H groups in total. The molecule has 1 aromatic carbocycles. The molecular weight excluding hydrogens is 210 g/mol. The van der Waals surface area contributed by atoms with E-state index in [2.05, 4.69) is 43.4 Å². The minimum atomic E-state index is 0.186. The third-order valence-corrected chi connectivity index (χ3v) is 3.44. The molecule has 0 spiro atoms. The number of carbonyl (C=O) groups excluding carboxylic acids is 1. The Morgan fingerprint density at radius 2 is 2.24 bits per heavy atom. The van der Waals surface area contributed by atoms with E-state index in [1.807, 2.05) is 0 Å². The second kappa shape index (κ2) is 5.35. The summed E-state index contributed by atoms with van der Waals surface area (Å²) in [6.45, 7) is 4.20. The fourth-order valence-corrected chi connectivity index (χ4v) is 2.17. The molecule has 1 amide bonds. The first kappa shape index (κ1) is 12.2. The number of nitrogens with one attached hydrogen (secondary N) is 1. The molecule has 0 heterocycles. The van der Waals surface area contributed by atoms with Crippen molar-refractivity contribution in [3.05, 3.63) is 35.4 Å². The molecule has 1 fully saturated rings. The Morgan fingerprint density at radius 1 is 1.47 bits per heavy atom. The zero-order chi connectivity index (χ0) is 12.3. The first-order valence-electron chi connectivity index (χ1n) is 6.50. The van der Waals surface area contributed by atoms with Gasteiger partial charge in [-0.1, -0.05) is 29.8 Å². The van der Waals surface area contributed by atoms with Crippen LogP contribution in [0.25, 0.3) is 0 Å². The van der Waals surface area contributed by atoms with Gasteiger partial charge in [-0.05, 0) is 44.6 Å². The summed E-state index contributed by atoms with van der Waals surface area (Å²) in [4.78, 5) is 11.7. The summed E-state index contributed by atoms with van der Waals surface area (Å²) < 4.78 is 0. The number of amides is 1. The number of hydrogen-bond acceptors (Lipinski definition) is 1. The Labute approximate surface area is 103 Å². The Bertz CT molecular complexity index is 396. The SMILES string of the molecule is Cc1cccc(CCC(=O)NC(C)C2CC2)c1. The lowest BCUT2D eigenvalue weighted by molar-refractivity contribution is -0.121. The van der Waals surface area contributed by atoms with Crippen molar-refractivity contribution in [1.82, 2.24) is 5.32 Å². The Kier molecular flexibility index (Phi) is 3.82. The van der Waals surface area contributed by atoms with Crippen LogP contribution in [-0.4, -0.2) is 11.9 Å². The molecular formula is C15H21NO. The van der Waals surface area contributed by atoms with Gasteiger partial charge in [-0.2, -0.15) is 0 Å². The molecule has 2 heteroatoms. The van der Waals surface area contributed by atoms with E-state index < -0.39 is 0 Å². The first-order valence-corrected chi connectivity index (χ1v) is 6.50. The molecule has 0 aliphatic heterocycles. The van der Waals surface area contributed by atoms with Crippen LogP contribution in [-0.2, 0) is 11.2 Å². The normalized spacial score (nSPS) is 16.6. The molecule has 0 aromatic heterocycles. The molecule has 0 radical (unpaired) electrons. The van der Waals surface area contributed by atoms with Gasteiger partial charge >= 0.3 is 0 Å². The second-order valence-electron chi connectivity index (χ2n) is 5.18. The van der Waals surface area contributed by atoms with Crippen molar-refractivity contribution >= 4 is 5.91 Å². The molecule has 1 unspecified atom stereocenters. The summed E-state index contributed by atoms with van der Waals surface area (Å²) >= 11 is 0. The van der Waals surface area contributed by atoms with E-state index in [1.54, 1.807) is 0 Å². The van der Waals surface area contributed by atoms with Crippen LogP contribution in [0.15, 0.2) is 24.3 Å². The van der Waals surface area contributed by atoms with Crippen molar-refractivity contribution < 1.29 is 4.79 Å². The van der Waals surface area contributed by atoms with Crippen LogP contribution in [0.1, 0.15) is 37.3 Å². The minimum Gasteiger partial charge on any atom is -0.353 e. The molecule has 17 heavy (non-hydrogen) atoms. The maximum absolute atomic E-state index is 11.7. The van der Waals surface area contributed by atoms with Crippen LogP contribution in [0.2, 0.25) is 0 Å². The van der Waals surface area contributed by atoms with Crippen molar-refractivity contribution in [1.29, 1.82) is 0 Å². The number of aryl methyl sites for hydroxylation is 2. The number of rotatable bonds is 5. The third-order valence-electron chi connectivity index (χ3n) is 3.44. The van der Waals surface area contributed by atoms with Crippen LogP contribution >= 0.6 is 0 Å². The molecule has 0 saturated heterocycles. The highest BCUT2D eigenvalue weighted by Crippen LogP contribution is 2.32. The highest BCUT2D eigenvalue weighted by molar-refractivity contribution is 5.76. The van der Waals surface area contributed by atoms with Crippen LogP contribution in [0, 0.1) is 12.8 Å². The molecule has 1 atom stereocenters. The van der Waals surface area contributed by atoms with E-state index >= 15 is 0 Å². The van der Waals surface area contributed by atoms with Gasteiger partial charge in [0.1, 0.15) is 0 Å². The second-order valence-corrected chi connectivity index (χ2v) is 5.18. The number of benzene rings is 1. The fraction of sp³-hybridized carbons (Fsp3) is 0.533. The predicted molar refractivity (Wildman–Crippen MR) is 69.8 cm³/mol. The topological polar surface area (TPSA) is 29.1 Å². The predicted octanol–water partition coefficient (Wildman–Crippen LogP) is 2.84. The summed E-state index contributed by atoms with van der Waals surface area (Å²) in [5, 5.41) is 3.09. The summed E-state index contributed by atoms with van der Waals surface area (Å²) in [5.41, 5.74) is 2.51. The van der Waals surface area contributed by atoms with Gasteiger partial charge in [0.2, 0.25) is 5.91 Å². The van der Waals surface area contributed by atoms with Crippen molar-refractivity contribution in [2.75, 3.05) is 0 Å². The minimum absolute atomic E-state index is 0.186. The standard InChI is InChI=1S/C15H21NO/c1-11-4-3-5-13(10-11)6-9-15(17)16-12(2)14-7-8-14/h3-5,10,12,14H,6-9H2,1-2H3,(H,16,17). The molecule has 92 valence electrons. The van der Waals surface area contributed by atoms with E-state index in [-0.39, 0.29) is 5.91 Å². The van der Waals surface area contributed by atoms with E-state index in [9.17, 15) is 4.79 Å². The smallest absolute Gasteiger partial charge is 0.220 e. The van der Waals surface area contributed by atoms with E-state index in [0.29, 0.717) is 12.5 Å². The summed E-state index contributed by atoms with van der Waals surface area (Å²) in [6.07, 6.45) is 3.99. The van der Waals surface area contributed by atoms with Gasteiger partial charge in [0.25, 0.3) is 0 Å². The van der Waals surface area contributed by atoms with Gasteiger partial charge in [0.15, 0.2) is 0 Å². The highest BCUT2D eigenvalue weighted by atomic mass is 16.1. The van der Waals surface area contributed by atoms with E-state index in [4.69, 9.17) is 0 Å². The molecule has 1 saturated carbocycles. The third kappa shape index (κ3) is 3.88. The van der Waals surface area contributed by atoms with Gasteiger partial charge < -0.3 is 5.32 Å². The van der Waals surface area contributed by atoms with Gasteiger partial charge in [-0.3, -0.25) is 4.79 Å². The van der Waals surface area contributed by atoms with Crippen LogP contribution < -0.4 is 5.32 Å². The average molecular weight is 231 g/mol. The van der Waals surface area contributed by atoms with Crippen LogP contribution in [0.4, 0.5) is 0 Å². The molecule has 0 bridgehead atoms. The molecule has 1 aliphatic rings. The molecule has 1 aliphatic carbocycles. The lowest BCUT2D eigenvalue weighted by Gasteiger charge is -2.12. The highest BCUT2D eigenvalue weighted by Gasteiger charge is 2.28. The quantitative estimate of drug-likeness (QED) is 0.829. The summed E-state index contributed by atoms with van der Waals surface area (Å²) in [6, 6.07) is 8.73. The first-order chi connectivity index (χ1) is 8.15. The number of hydrogen-bond donors (Lipinski definition) is 1. The van der Waals surface area contributed by atoms with Gasteiger partial charge in [0, 0.05) is 12.5 Å². The van der Waals surface area contributed by atoms with Crippen LogP contribution in [0.5, 0.6) is 0 Å². The van der Waals surface area contributed by atoms with Crippen molar-refractivity contribution in [2.24, 2.45) is 5.92 Å². The van der Waals surface area contributed by atoms with Gasteiger partial charge in [-0.25, -0.2) is 0 Å². The summed E-state index contributed by atoms with van der Waals surface area (Å²) in [7, 11) is 0. The number of carbonyl (C=O) groups is 1. The van der Waals surface area contributed by atoms with Gasteiger partial charge in [0.05, 0.1) is 0 Å².